The van der Waals surface area contributed by atoms with Crippen LogP contribution in [-0.2, 0) is 7.05 Å². The molecule has 0 saturated carbocycles. The van der Waals surface area contributed by atoms with Gasteiger partial charge in [-0.1, -0.05) is 6.07 Å². The topological polar surface area (TPSA) is 103 Å². The number of aryl methyl sites for hydroxylation is 1. The number of nitrogens with zero attached hydrogens (tertiary/aromatic N) is 5. The number of benzene rings is 2. The lowest BCUT2D eigenvalue weighted by molar-refractivity contribution is 0.0951. The van der Waals surface area contributed by atoms with Crippen LogP contribution in [0.2, 0.25) is 0 Å². The smallest absolute Gasteiger partial charge is 0.271 e. The van der Waals surface area contributed by atoms with Gasteiger partial charge in [-0.3, -0.25) is 9.20 Å². The molecular formula is C23H20FN7O. The molecule has 0 aliphatic rings. The number of aromatic nitrogens is 5. The Balaban J connectivity index is 1.84. The summed E-state index contributed by atoms with van der Waals surface area (Å²) in [5, 5.41) is 2.75. The second kappa shape index (κ2) is 7.45. The zero-order chi connectivity index (χ0) is 22.4. The summed E-state index contributed by atoms with van der Waals surface area (Å²) in [6.07, 6.45) is 3.39. The Bertz CT molecular complexity index is 1480. The van der Waals surface area contributed by atoms with Crippen molar-refractivity contribution in [3.63, 3.8) is 0 Å². The van der Waals surface area contributed by atoms with Gasteiger partial charge in [0.05, 0.1) is 28.7 Å². The SMILES string of the molecule is CCNC(=O)c1cn2c(-c3ccc4ncn(C)c4c3)c(-c3ccc(F)cc3)nc(N)c2n1. The van der Waals surface area contributed by atoms with Crippen LogP contribution in [-0.4, -0.2) is 36.4 Å². The van der Waals surface area contributed by atoms with Crippen molar-refractivity contribution in [3.05, 3.63) is 66.5 Å². The minimum absolute atomic E-state index is 0.172. The lowest BCUT2D eigenvalue weighted by Crippen LogP contribution is -2.22. The highest BCUT2D eigenvalue weighted by Gasteiger charge is 2.21. The van der Waals surface area contributed by atoms with Crippen molar-refractivity contribution in [2.45, 2.75) is 6.92 Å². The number of carbonyl (C=O) groups excluding carboxylic acids is 1. The van der Waals surface area contributed by atoms with Crippen molar-refractivity contribution in [3.8, 4) is 22.5 Å². The van der Waals surface area contributed by atoms with Crippen LogP contribution in [0.5, 0.6) is 0 Å². The molecule has 3 heterocycles. The monoisotopic (exact) mass is 429 g/mol. The molecule has 0 saturated heterocycles. The van der Waals surface area contributed by atoms with Crippen LogP contribution in [0, 0.1) is 5.82 Å². The van der Waals surface area contributed by atoms with E-state index in [2.05, 4.69) is 20.3 Å². The molecule has 0 spiro atoms. The summed E-state index contributed by atoms with van der Waals surface area (Å²) in [4.78, 5) is 25.9. The van der Waals surface area contributed by atoms with Crippen LogP contribution in [0.3, 0.4) is 0 Å². The second-order valence-corrected chi connectivity index (χ2v) is 7.44. The Kier molecular flexibility index (Phi) is 4.58. The number of fused-ring (bicyclic) bond motifs is 2. The number of rotatable bonds is 4. The third-order valence-electron chi connectivity index (χ3n) is 5.32. The number of hydrogen-bond donors (Lipinski definition) is 2. The fraction of sp³-hybridized carbons (Fsp3) is 0.130. The van der Waals surface area contributed by atoms with Crippen LogP contribution in [0.15, 0.2) is 55.0 Å². The van der Waals surface area contributed by atoms with Crippen molar-refractivity contribution < 1.29 is 9.18 Å². The summed E-state index contributed by atoms with van der Waals surface area (Å²) in [7, 11) is 1.92. The van der Waals surface area contributed by atoms with E-state index in [1.807, 2.05) is 36.7 Å². The zero-order valence-corrected chi connectivity index (χ0v) is 17.5. The maximum Gasteiger partial charge on any atom is 0.271 e. The van der Waals surface area contributed by atoms with Crippen LogP contribution >= 0.6 is 0 Å². The standard InChI is InChI=1S/C23H20FN7O/c1-3-26-23(32)17-11-31-20(14-6-9-16-18(10-14)30(2)12-27-16)19(29-21(25)22(31)28-17)13-4-7-15(24)8-5-13/h4-12H,3H2,1-2H3,(H2,25,29)(H,26,32). The van der Waals surface area contributed by atoms with Gasteiger partial charge in [-0.25, -0.2) is 19.3 Å². The summed E-state index contributed by atoms with van der Waals surface area (Å²) in [5.41, 5.74) is 11.4. The number of halogens is 1. The van der Waals surface area contributed by atoms with E-state index in [1.54, 1.807) is 29.1 Å². The minimum Gasteiger partial charge on any atom is -0.381 e. The van der Waals surface area contributed by atoms with Crippen molar-refractivity contribution in [2.24, 2.45) is 7.05 Å². The normalized spacial score (nSPS) is 11.3. The predicted octanol–water partition coefficient (Wildman–Crippen LogP) is 3.42. The average molecular weight is 429 g/mol. The number of imidazole rings is 2. The first kappa shape index (κ1) is 19.7. The molecular weight excluding hydrogens is 409 g/mol. The van der Waals surface area contributed by atoms with Crippen molar-refractivity contribution >= 4 is 28.4 Å². The van der Waals surface area contributed by atoms with Gasteiger partial charge < -0.3 is 15.6 Å². The quantitative estimate of drug-likeness (QED) is 0.456. The molecule has 160 valence electrons. The van der Waals surface area contributed by atoms with E-state index >= 15 is 0 Å². The fourth-order valence-electron chi connectivity index (χ4n) is 3.79. The van der Waals surface area contributed by atoms with Gasteiger partial charge in [0, 0.05) is 30.9 Å². The molecule has 0 bridgehead atoms. The van der Waals surface area contributed by atoms with Gasteiger partial charge >= 0.3 is 0 Å². The number of nitrogen functional groups attached to an aromatic ring is 1. The Morgan fingerprint density at radius 3 is 2.62 bits per heavy atom. The van der Waals surface area contributed by atoms with Gasteiger partial charge in [-0.05, 0) is 43.3 Å². The Hall–Kier alpha value is -4.27. The van der Waals surface area contributed by atoms with Gasteiger partial charge in [0.15, 0.2) is 11.5 Å². The maximum absolute atomic E-state index is 13.6. The number of amides is 1. The molecule has 3 aromatic heterocycles. The first-order valence-corrected chi connectivity index (χ1v) is 10.1. The van der Waals surface area contributed by atoms with E-state index in [0.29, 0.717) is 29.1 Å². The molecule has 0 aliphatic heterocycles. The van der Waals surface area contributed by atoms with E-state index in [4.69, 9.17) is 5.73 Å². The van der Waals surface area contributed by atoms with E-state index in [1.165, 1.54) is 12.1 Å². The van der Waals surface area contributed by atoms with Gasteiger partial charge in [-0.15, -0.1) is 0 Å². The molecule has 0 atom stereocenters. The van der Waals surface area contributed by atoms with E-state index in [-0.39, 0.29) is 23.2 Å². The van der Waals surface area contributed by atoms with E-state index in [9.17, 15) is 9.18 Å². The van der Waals surface area contributed by atoms with Crippen LogP contribution in [0.1, 0.15) is 17.4 Å². The summed E-state index contributed by atoms with van der Waals surface area (Å²) in [5.74, 6) is -0.473. The Morgan fingerprint density at radius 2 is 1.88 bits per heavy atom. The molecule has 5 rings (SSSR count). The lowest BCUT2D eigenvalue weighted by Gasteiger charge is -2.14. The zero-order valence-electron chi connectivity index (χ0n) is 17.5. The highest BCUT2D eigenvalue weighted by atomic mass is 19.1. The number of carbonyl (C=O) groups is 1. The Morgan fingerprint density at radius 1 is 1.12 bits per heavy atom. The van der Waals surface area contributed by atoms with Gasteiger partial charge in [0.25, 0.3) is 5.91 Å². The number of nitrogens with one attached hydrogen (secondary N) is 1. The molecule has 9 heteroatoms. The van der Waals surface area contributed by atoms with Gasteiger partial charge in [0.2, 0.25) is 0 Å². The van der Waals surface area contributed by atoms with E-state index < -0.39 is 0 Å². The Labute approximate surface area is 182 Å². The fourth-order valence-corrected chi connectivity index (χ4v) is 3.79. The van der Waals surface area contributed by atoms with Gasteiger partial charge in [0.1, 0.15) is 11.5 Å². The van der Waals surface area contributed by atoms with Crippen LogP contribution < -0.4 is 11.1 Å². The molecule has 0 unspecified atom stereocenters. The number of hydrogen-bond acceptors (Lipinski definition) is 5. The molecule has 32 heavy (non-hydrogen) atoms. The molecule has 0 fully saturated rings. The van der Waals surface area contributed by atoms with Gasteiger partial charge in [-0.2, -0.15) is 0 Å². The molecule has 2 aromatic carbocycles. The van der Waals surface area contributed by atoms with Crippen molar-refractivity contribution in [2.75, 3.05) is 12.3 Å². The summed E-state index contributed by atoms with van der Waals surface area (Å²) in [6.45, 7) is 2.32. The molecule has 5 aromatic rings. The van der Waals surface area contributed by atoms with E-state index in [0.717, 1.165) is 16.6 Å². The predicted molar refractivity (Wildman–Crippen MR) is 121 cm³/mol. The van der Waals surface area contributed by atoms with Crippen molar-refractivity contribution in [1.29, 1.82) is 0 Å². The highest BCUT2D eigenvalue weighted by Crippen LogP contribution is 2.34. The highest BCUT2D eigenvalue weighted by molar-refractivity contribution is 5.94. The largest absolute Gasteiger partial charge is 0.381 e. The molecule has 1 amide bonds. The lowest BCUT2D eigenvalue weighted by atomic mass is 10.0. The molecule has 0 aliphatic carbocycles. The third kappa shape index (κ3) is 3.15. The average Bonchev–Trinajstić information content (AvgIpc) is 3.39. The van der Waals surface area contributed by atoms with Crippen LogP contribution in [0.25, 0.3) is 39.2 Å². The maximum atomic E-state index is 13.6. The molecule has 0 radical (unpaired) electrons. The molecule has 8 nitrogen and oxygen atoms in total. The second-order valence-electron chi connectivity index (χ2n) is 7.44. The summed E-state index contributed by atoms with van der Waals surface area (Å²) in [6, 6.07) is 11.9. The number of nitrogens with two attached hydrogens (primary N) is 1. The third-order valence-corrected chi connectivity index (χ3v) is 5.32. The molecule has 3 N–H and O–H groups in total. The summed E-state index contributed by atoms with van der Waals surface area (Å²) < 4.78 is 17.3. The minimum atomic E-state index is -0.346. The van der Waals surface area contributed by atoms with Crippen LogP contribution in [0.4, 0.5) is 10.2 Å². The number of anilines is 1. The summed E-state index contributed by atoms with van der Waals surface area (Å²) >= 11 is 0. The first-order valence-electron chi connectivity index (χ1n) is 10.1. The first-order chi connectivity index (χ1) is 15.5. The van der Waals surface area contributed by atoms with Crippen molar-refractivity contribution in [1.82, 2.24) is 29.2 Å².